The van der Waals surface area contributed by atoms with Crippen molar-refractivity contribution in [3.8, 4) is 0 Å². The first-order valence-corrected chi connectivity index (χ1v) is 9.07. The zero-order valence-corrected chi connectivity index (χ0v) is 13.8. The first-order chi connectivity index (χ1) is 11.0. The van der Waals surface area contributed by atoms with E-state index < -0.39 is 16.2 Å². The van der Waals surface area contributed by atoms with Crippen molar-refractivity contribution in [3.05, 3.63) is 65.2 Å². The van der Waals surface area contributed by atoms with E-state index in [9.17, 15) is 13.5 Å². The molecule has 0 heterocycles. The predicted molar refractivity (Wildman–Crippen MR) is 87.7 cm³/mol. The first kappa shape index (κ1) is 16.2. The van der Waals surface area contributed by atoms with Crippen LogP contribution in [0.25, 0.3) is 0 Å². The quantitative estimate of drug-likeness (QED) is 0.855. The van der Waals surface area contributed by atoms with E-state index in [0.29, 0.717) is 0 Å². The van der Waals surface area contributed by atoms with Gasteiger partial charge in [0.25, 0.3) is 10.1 Å². The summed E-state index contributed by atoms with van der Waals surface area (Å²) in [6.45, 7) is 1.67. The Bertz CT molecular complexity index is 756. The van der Waals surface area contributed by atoms with Crippen LogP contribution in [0.15, 0.2) is 53.4 Å². The normalized spacial score (nSPS) is 16.3. The highest BCUT2D eigenvalue weighted by atomic mass is 32.2. The molecule has 2 aromatic rings. The second-order valence-corrected chi connectivity index (χ2v) is 7.67. The Balaban J connectivity index is 1.61. The summed E-state index contributed by atoms with van der Waals surface area (Å²) in [4.78, 5) is 0.116. The van der Waals surface area contributed by atoms with Crippen molar-refractivity contribution in [1.29, 1.82) is 0 Å². The van der Waals surface area contributed by atoms with E-state index in [0.717, 1.165) is 18.4 Å². The molecule has 0 saturated heterocycles. The van der Waals surface area contributed by atoms with Crippen LogP contribution in [0.2, 0.25) is 0 Å². The van der Waals surface area contributed by atoms with Gasteiger partial charge in [0.2, 0.25) is 0 Å². The number of benzene rings is 2. The lowest BCUT2D eigenvalue weighted by Gasteiger charge is -2.17. The molecule has 0 aromatic heterocycles. The van der Waals surface area contributed by atoms with E-state index in [1.165, 1.54) is 23.3 Å². The Hall–Kier alpha value is -1.69. The Morgan fingerprint density at radius 3 is 2.22 bits per heavy atom. The van der Waals surface area contributed by atoms with E-state index in [4.69, 9.17) is 4.18 Å². The van der Waals surface area contributed by atoms with Gasteiger partial charge in [0, 0.05) is 0 Å². The molecule has 1 N–H and O–H groups in total. The first-order valence-electron chi connectivity index (χ1n) is 7.66. The van der Waals surface area contributed by atoms with Crippen LogP contribution >= 0.6 is 0 Å². The summed E-state index contributed by atoms with van der Waals surface area (Å²) in [5.74, 6) is 0.000572. The van der Waals surface area contributed by atoms with Crippen LogP contribution < -0.4 is 0 Å². The molecular weight excluding hydrogens is 312 g/mol. The lowest BCUT2D eigenvalue weighted by Crippen LogP contribution is -2.27. The average molecular weight is 332 g/mol. The minimum Gasteiger partial charge on any atom is -0.390 e. The summed E-state index contributed by atoms with van der Waals surface area (Å²) in [5.41, 5.74) is 3.42. The zero-order valence-electron chi connectivity index (χ0n) is 13.0. The molecule has 0 bridgehead atoms. The van der Waals surface area contributed by atoms with Crippen molar-refractivity contribution in [3.63, 3.8) is 0 Å². The van der Waals surface area contributed by atoms with Crippen molar-refractivity contribution in [2.45, 2.75) is 30.8 Å². The number of aryl methyl sites for hydroxylation is 1. The summed E-state index contributed by atoms with van der Waals surface area (Å²) in [6.07, 6.45) is 0.707. The summed E-state index contributed by atoms with van der Waals surface area (Å²) in [7, 11) is -3.83. The van der Waals surface area contributed by atoms with Gasteiger partial charge < -0.3 is 5.11 Å². The Morgan fingerprint density at radius 1 is 1.09 bits per heavy atom. The van der Waals surface area contributed by atoms with Gasteiger partial charge in [-0.2, -0.15) is 8.42 Å². The summed E-state index contributed by atoms with van der Waals surface area (Å²) >= 11 is 0. The lowest BCUT2D eigenvalue weighted by molar-refractivity contribution is 0.0630. The molecule has 122 valence electrons. The van der Waals surface area contributed by atoms with E-state index in [2.05, 4.69) is 0 Å². The smallest absolute Gasteiger partial charge is 0.297 e. The highest BCUT2D eigenvalue weighted by molar-refractivity contribution is 7.86. The highest BCUT2D eigenvalue weighted by Gasteiger charge is 2.29. The summed E-state index contributed by atoms with van der Waals surface area (Å²) in [5, 5.41) is 10.3. The van der Waals surface area contributed by atoms with Crippen molar-refractivity contribution >= 4 is 10.1 Å². The molecule has 0 spiro atoms. The maximum atomic E-state index is 12.1. The molecule has 23 heavy (non-hydrogen) atoms. The molecule has 2 aromatic carbocycles. The Labute approximate surface area is 136 Å². The lowest BCUT2D eigenvalue weighted by atomic mass is 10.00. The number of hydrogen-bond donors (Lipinski definition) is 1. The van der Waals surface area contributed by atoms with Crippen LogP contribution in [0, 0.1) is 12.8 Å². The molecule has 1 aliphatic carbocycles. The Kier molecular flexibility index (Phi) is 4.53. The number of aliphatic hydroxyl groups excluding tert-OH is 1. The molecule has 0 aliphatic heterocycles. The van der Waals surface area contributed by atoms with Gasteiger partial charge in [0.1, 0.15) is 0 Å². The van der Waals surface area contributed by atoms with Gasteiger partial charge >= 0.3 is 0 Å². The third-order valence-electron chi connectivity index (χ3n) is 4.33. The SMILES string of the molecule is Cc1ccc(S(=O)(=O)OC[C@@H](O)C2Cc3ccccc3C2)cc1. The van der Waals surface area contributed by atoms with E-state index >= 15 is 0 Å². The monoisotopic (exact) mass is 332 g/mol. The van der Waals surface area contributed by atoms with Gasteiger partial charge in [-0.1, -0.05) is 42.0 Å². The van der Waals surface area contributed by atoms with Crippen LogP contribution in [0.1, 0.15) is 16.7 Å². The van der Waals surface area contributed by atoms with Crippen molar-refractivity contribution in [1.82, 2.24) is 0 Å². The second-order valence-electron chi connectivity index (χ2n) is 6.06. The molecule has 4 nitrogen and oxygen atoms in total. The van der Waals surface area contributed by atoms with Crippen LogP contribution in [0.4, 0.5) is 0 Å². The summed E-state index contributed by atoms with van der Waals surface area (Å²) in [6, 6.07) is 14.5. The zero-order chi connectivity index (χ0) is 16.4. The Morgan fingerprint density at radius 2 is 1.65 bits per heavy atom. The van der Waals surface area contributed by atoms with Crippen LogP contribution in [0.3, 0.4) is 0 Å². The van der Waals surface area contributed by atoms with Gasteiger partial charge in [0.05, 0.1) is 17.6 Å². The topological polar surface area (TPSA) is 63.6 Å². The van der Waals surface area contributed by atoms with E-state index in [1.807, 2.05) is 31.2 Å². The number of fused-ring (bicyclic) bond motifs is 1. The highest BCUT2D eigenvalue weighted by Crippen LogP contribution is 2.29. The van der Waals surface area contributed by atoms with Gasteiger partial charge in [0.15, 0.2) is 0 Å². The van der Waals surface area contributed by atoms with Crippen molar-refractivity contribution < 1.29 is 17.7 Å². The molecular formula is C18H20O4S. The number of hydrogen-bond acceptors (Lipinski definition) is 4. The van der Waals surface area contributed by atoms with Crippen LogP contribution in [0.5, 0.6) is 0 Å². The molecule has 0 radical (unpaired) electrons. The minimum atomic E-state index is -3.83. The minimum absolute atomic E-state index is 0.000572. The fourth-order valence-electron chi connectivity index (χ4n) is 2.93. The van der Waals surface area contributed by atoms with Gasteiger partial charge in [-0.15, -0.1) is 0 Å². The molecule has 1 atom stereocenters. The maximum Gasteiger partial charge on any atom is 0.297 e. The predicted octanol–water partition coefficient (Wildman–Crippen LogP) is 2.48. The van der Waals surface area contributed by atoms with Crippen molar-refractivity contribution in [2.24, 2.45) is 5.92 Å². The van der Waals surface area contributed by atoms with E-state index in [-0.39, 0.29) is 17.4 Å². The standard InChI is InChI=1S/C18H20O4S/c1-13-6-8-17(9-7-13)23(20,21)22-12-18(19)16-10-14-4-2-3-5-15(14)11-16/h2-9,16,18-19H,10-12H2,1H3/t18-/m1/s1. The van der Waals surface area contributed by atoms with Crippen LogP contribution in [-0.4, -0.2) is 26.2 Å². The maximum absolute atomic E-state index is 12.1. The molecule has 0 fully saturated rings. The third kappa shape index (κ3) is 3.63. The van der Waals surface area contributed by atoms with Crippen LogP contribution in [-0.2, 0) is 27.1 Å². The fraction of sp³-hybridized carbons (Fsp3) is 0.333. The average Bonchev–Trinajstić information content (AvgIpc) is 2.97. The van der Waals surface area contributed by atoms with Crippen molar-refractivity contribution in [2.75, 3.05) is 6.61 Å². The molecule has 0 amide bonds. The number of rotatable bonds is 5. The molecule has 1 aliphatic rings. The summed E-state index contributed by atoms with van der Waals surface area (Å²) < 4.78 is 29.3. The number of aliphatic hydroxyl groups is 1. The second kappa shape index (κ2) is 6.43. The van der Waals surface area contributed by atoms with Gasteiger partial charge in [-0.25, -0.2) is 0 Å². The van der Waals surface area contributed by atoms with Gasteiger partial charge in [-0.3, -0.25) is 4.18 Å². The third-order valence-corrected chi connectivity index (χ3v) is 5.63. The fourth-order valence-corrected chi connectivity index (χ4v) is 3.86. The molecule has 3 rings (SSSR count). The molecule has 0 saturated carbocycles. The van der Waals surface area contributed by atoms with Gasteiger partial charge in [-0.05, 0) is 48.9 Å². The largest absolute Gasteiger partial charge is 0.390 e. The molecule has 0 unspecified atom stereocenters. The van der Waals surface area contributed by atoms with E-state index in [1.54, 1.807) is 12.1 Å². The molecule has 5 heteroatoms.